The predicted molar refractivity (Wildman–Crippen MR) is 98.6 cm³/mol. The molecule has 0 unspecified atom stereocenters. The van der Waals surface area contributed by atoms with Crippen LogP contribution in [0.15, 0.2) is 42.5 Å². The Balaban J connectivity index is 1.68. The Kier molecular flexibility index (Phi) is 7.55. The van der Waals surface area contributed by atoms with E-state index < -0.39 is 24.3 Å². The monoisotopic (exact) mass is 401 g/mol. The van der Waals surface area contributed by atoms with Crippen LogP contribution in [0.2, 0.25) is 10.0 Å². The van der Waals surface area contributed by atoms with Gasteiger partial charge in [0.05, 0.1) is 15.8 Å². The van der Waals surface area contributed by atoms with Crippen LogP contribution in [0.5, 0.6) is 0 Å². The van der Waals surface area contributed by atoms with Crippen molar-refractivity contribution in [2.24, 2.45) is 0 Å². The Bertz CT molecular complexity index is 773. The van der Waals surface area contributed by atoms with Gasteiger partial charge in [0.15, 0.2) is 6.61 Å². The number of esters is 1. The van der Waals surface area contributed by atoms with Gasteiger partial charge in [-0.1, -0.05) is 35.3 Å². The number of carbonyl (C=O) groups is 2. The highest BCUT2D eigenvalue weighted by molar-refractivity contribution is 7.99. The van der Waals surface area contributed by atoms with E-state index in [1.807, 2.05) is 6.07 Å². The molecule has 0 atom stereocenters. The normalized spacial score (nSPS) is 10.4. The van der Waals surface area contributed by atoms with Crippen molar-refractivity contribution in [2.75, 3.05) is 17.7 Å². The molecule has 0 aliphatic rings. The van der Waals surface area contributed by atoms with Gasteiger partial charge in [-0.2, -0.15) is 0 Å². The number of amides is 1. The van der Waals surface area contributed by atoms with Crippen LogP contribution in [0.1, 0.15) is 5.56 Å². The summed E-state index contributed by atoms with van der Waals surface area (Å²) >= 11 is 13.1. The molecule has 132 valence electrons. The third-order valence-electron chi connectivity index (χ3n) is 2.95. The Hall–Kier alpha value is -1.76. The van der Waals surface area contributed by atoms with Crippen molar-refractivity contribution in [2.45, 2.75) is 5.75 Å². The maximum absolute atomic E-state index is 13.0. The number of carbonyl (C=O) groups excluding carboxylic acids is 2. The van der Waals surface area contributed by atoms with Crippen molar-refractivity contribution in [3.8, 4) is 0 Å². The van der Waals surface area contributed by atoms with E-state index in [0.29, 0.717) is 21.5 Å². The van der Waals surface area contributed by atoms with Gasteiger partial charge in [0.1, 0.15) is 5.82 Å². The Labute approximate surface area is 158 Å². The van der Waals surface area contributed by atoms with Crippen molar-refractivity contribution < 1.29 is 18.7 Å². The van der Waals surface area contributed by atoms with Gasteiger partial charge < -0.3 is 10.1 Å². The van der Waals surface area contributed by atoms with Crippen LogP contribution in [0, 0.1) is 5.82 Å². The van der Waals surface area contributed by atoms with Gasteiger partial charge in [0.2, 0.25) is 0 Å². The molecule has 0 bridgehead atoms. The first kappa shape index (κ1) is 19.6. The summed E-state index contributed by atoms with van der Waals surface area (Å²) in [7, 11) is 0. The second-order valence-corrected chi connectivity index (χ2v) is 6.76. The number of rotatable bonds is 7. The lowest BCUT2D eigenvalue weighted by Crippen LogP contribution is -2.21. The molecule has 0 aliphatic heterocycles. The molecule has 2 aromatic rings. The zero-order chi connectivity index (χ0) is 18.2. The van der Waals surface area contributed by atoms with E-state index >= 15 is 0 Å². The number of ether oxygens (including phenoxy) is 1. The van der Waals surface area contributed by atoms with Crippen molar-refractivity contribution in [1.29, 1.82) is 0 Å². The highest BCUT2D eigenvalue weighted by atomic mass is 35.5. The minimum absolute atomic E-state index is 0.0908. The van der Waals surface area contributed by atoms with Crippen LogP contribution in [0.3, 0.4) is 0 Å². The fourth-order valence-corrected chi connectivity index (χ4v) is 2.92. The number of hydrogen-bond donors (Lipinski definition) is 1. The summed E-state index contributed by atoms with van der Waals surface area (Å²) in [5.41, 5.74) is 1.23. The van der Waals surface area contributed by atoms with Crippen molar-refractivity contribution in [3.63, 3.8) is 0 Å². The molecule has 1 N–H and O–H groups in total. The Morgan fingerprint density at radius 2 is 1.92 bits per heavy atom. The molecule has 1 amide bonds. The standard InChI is InChI=1S/C17H14Cl2FNO3S/c18-14-5-4-11(6-15(14)19)9-25-10-17(23)24-8-16(22)21-13-3-1-2-12(20)7-13/h1-7H,8-10H2,(H,21,22). The van der Waals surface area contributed by atoms with E-state index in [9.17, 15) is 14.0 Å². The van der Waals surface area contributed by atoms with E-state index in [2.05, 4.69) is 5.32 Å². The van der Waals surface area contributed by atoms with Crippen LogP contribution in [0.25, 0.3) is 0 Å². The molecule has 25 heavy (non-hydrogen) atoms. The fourth-order valence-electron chi connectivity index (χ4n) is 1.83. The van der Waals surface area contributed by atoms with Crippen molar-refractivity contribution >= 4 is 52.5 Å². The van der Waals surface area contributed by atoms with Gasteiger partial charge in [0.25, 0.3) is 5.91 Å². The minimum atomic E-state index is -0.534. The molecule has 0 saturated carbocycles. The summed E-state index contributed by atoms with van der Waals surface area (Å²) in [6.45, 7) is -0.428. The van der Waals surface area contributed by atoms with Crippen LogP contribution in [0.4, 0.5) is 10.1 Å². The van der Waals surface area contributed by atoms with Gasteiger partial charge in [-0.15, -0.1) is 11.8 Å². The summed E-state index contributed by atoms with van der Waals surface area (Å²) in [4.78, 5) is 23.3. The molecule has 0 fully saturated rings. The zero-order valence-electron chi connectivity index (χ0n) is 12.9. The van der Waals surface area contributed by atoms with Gasteiger partial charge in [-0.3, -0.25) is 9.59 Å². The second-order valence-electron chi connectivity index (χ2n) is 4.96. The smallest absolute Gasteiger partial charge is 0.316 e. The van der Waals surface area contributed by atoms with Gasteiger partial charge in [0, 0.05) is 11.4 Å². The number of thioether (sulfide) groups is 1. The minimum Gasteiger partial charge on any atom is -0.455 e. The van der Waals surface area contributed by atoms with Crippen LogP contribution >= 0.6 is 35.0 Å². The van der Waals surface area contributed by atoms with Crippen LogP contribution < -0.4 is 5.32 Å². The highest BCUT2D eigenvalue weighted by Gasteiger charge is 2.09. The first-order valence-electron chi connectivity index (χ1n) is 7.17. The van der Waals surface area contributed by atoms with E-state index in [1.54, 1.807) is 12.1 Å². The van der Waals surface area contributed by atoms with E-state index in [1.165, 1.54) is 36.0 Å². The molecule has 2 aromatic carbocycles. The molecule has 0 spiro atoms. The molecule has 0 aliphatic carbocycles. The Morgan fingerprint density at radius 3 is 2.64 bits per heavy atom. The van der Waals surface area contributed by atoms with Crippen molar-refractivity contribution in [3.05, 3.63) is 63.9 Å². The SMILES string of the molecule is O=C(COC(=O)CSCc1ccc(Cl)c(Cl)c1)Nc1cccc(F)c1. The van der Waals surface area contributed by atoms with E-state index in [0.717, 1.165) is 5.56 Å². The third kappa shape index (κ3) is 6.94. The molecular formula is C17H14Cl2FNO3S. The highest BCUT2D eigenvalue weighted by Crippen LogP contribution is 2.24. The number of halogens is 3. The number of anilines is 1. The summed E-state index contributed by atoms with van der Waals surface area (Å²) in [6.07, 6.45) is 0. The molecule has 2 rings (SSSR count). The second kappa shape index (κ2) is 9.65. The van der Waals surface area contributed by atoms with E-state index in [4.69, 9.17) is 27.9 Å². The zero-order valence-corrected chi connectivity index (χ0v) is 15.3. The molecule has 0 heterocycles. The molecule has 0 saturated heterocycles. The topological polar surface area (TPSA) is 55.4 Å². The summed E-state index contributed by atoms with van der Waals surface area (Å²) in [5.74, 6) is -0.865. The average molecular weight is 402 g/mol. The molecule has 0 aromatic heterocycles. The maximum Gasteiger partial charge on any atom is 0.316 e. The first-order valence-corrected chi connectivity index (χ1v) is 9.08. The number of nitrogens with one attached hydrogen (secondary N) is 1. The number of hydrogen-bond acceptors (Lipinski definition) is 4. The molecular weight excluding hydrogens is 388 g/mol. The molecule has 4 nitrogen and oxygen atoms in total. The Morgan fingerprint density at radius 1 is 1.12 bits per heavy atom. The quantitative estimate of drug-likeness (QED) is 0.691. The fraction of sp³-hybridized carbons (Fsp3) is 0.176. The van der Waals surface area contributed by atoms with Crippen molar-refractivity contribution in [1.82, 2.24) is 0 Å². The first-order chi connectivity index (χ1) is 11.9. The third-order valence-corrected chi connectivity index (χ3v) is 4.66. The summed E-state index contributed by atoms with van der Waals surface area (Å²) < 4.78 is 17.9. The van der Waals surface area contributed by atoms with Crippen LogP contribution in [-0.4, -0.2) is 24.2 Å². The number of benzene rings is 2. The average Bonchev–Trinajstić information content (AvgIpc) is 2.56. The summed E-state index contributed by atoms with van der Waals surface area (Å²) in [6, 6.07) is 10.7. The van der Waals surface area contributed by atoms with E-state index in [-0.39, 0.29) is 5.75 Å². The lowest BCUT2D eigenvalue weighted by molar-refractivity contribution is -0.144. The summed E-state index contributed by atoms with van der Waals surface area (Å²) in [5, 5.41) is 3.37. The lowest BCUT2D eigenvalue weighted by atomic mass is 10.2. The molecule has 8 heteroatoms. The van der Waals surface area contributed by atoms with Crippen LogP contribution in [-0.2, 0) is 20.1 Å². The predicted octanol–water partition coefficient (Wildman–Crippen LogP) is 4.55. The van der Waals surface area contributed by atoms with Gasteiger partial charge in [-0.05, 0) is 35.9 Å². The van der Waals surface area contributed by atoms with Gasteiger partial charge >= 0.3 is 5.97 Å². The largest absolute Gasteiger partial charge is 0.455 e. The lowest BCUT2D eigenvalue weighted by Gasteiger charge is -2.07. The molecule has 0 radical (unpaired) electrons. The maximum atomic E-state index is 13.0. The van der Waals surface area contributed by atoms with Gasteiger partial charge in [-0.25, -0.2) is 4.39 Å².